The van der Waals surface area contributed by atoms with E-state index in [0.29, 0.717) is 12.1 Å². The largest absolute Gasteiger partial charge is 0.399 e. The lowest BCUT2D eigenvalue weighted by Gasteiger charge is -2.23. The van der Waals surface area contributed by atoms with E-state index < -0.39 is 0 Å². The first kappa shape index (κ1) is 9.02. The summed E-state index contributed by atoms with van der Waals surface area (Å²) in [5.74, 6) is -0.461. The van der Waals surface area contributed by atoms with Gasteiger partial charge in [-0.15, -0.1) is 0 Å². The number of rotatable bonds is 1. The topological polar surface area (TPSA) is 75.3 Å². The molecule has 2 rings (SSSR count). The Hall–Kier alpha value is -1.55. The van der Waals surface area contributed by atoms with Gasteiger partial charge in [0.15, 0.2) is 0 Å². The van der Waals surface area contributed by atoms with Gasteiger partial charge in [-0.2, -0.15) is 0 Å². The molecule has 4 N–H and O–H groups in total. The van der Waals surface area contributed by atoms with Crippen LogP contribution in [0.5, 0.6) is 0 Å². The summed E-state index contributed by atoms with van der Waals surface area (Å²) in [6, 6.07) is 5.42. The van der Waals surface area contributed by atoms with Crippen LogP contribution in [0.2, 0.25) is 0 Å². The molecule has 0 radical (unpaired) electrons. The lowest BCUT2D eigenvalue weighted by Crippen LogP contribution is -2.32. The van der Waals surface area contributed by atoms with Crippen LogP contribution in [-0.4, -0.2) is 17.6 Å². The molecule has 74 valence electrons. The van der Waals surface area contributed by atoms with Gasteiger partial charge in [0.1, 0.15) is 0 Å². The van der Waals surface area contributed by atoms with E-state index in [9.17, 15) is 4.79 Å². The molecule has 1 aliphatic heterocycles. The zero-order chi connectivity index (χ0) is 10.1. The standard InChI is InChI=1S/C10H12N2O2/c11-8-2-1-6-3-7(5-13)10(14)12-9(6)4-8/h1-2,4,7,13H,3,5,11H2,(H,12,14)/t7-/m0/s1. The average Bonchev–Trinajstić information content (AvgIpc) is 2.16. The molecule has 1 aromatic rings. The van der Waals surface area contributed by atoms with Gasteiger partial charge in [-0.05, 0) is 24.1 Å². The van der Waals surface area contributed by atoms with Crippen LogP contribution in [0, 0.1) is 5.92 Å². The average molecular weight is 192 g/mol. The van der Waals surface area contributed by atoms with E-state index in [4.69, 9.17) is 10.8 Å². The molecule has 14 heavy (non-hydrogen) atoms. The third-order valence-electron chi connectivity index (χ3n) is 2.45. The fourth-order valence-corrected chi connectivity index (χ4v) is 1.63. The molecule has 0 fully saturated rings. The van der Waals surface area contributed by atoms with Gasteiger partial charge in [-0.25, -0.2) is 0 Å². The smallest absolute Gasteiger partial charge is 0.230 e. The molecule has 1 aromatic carbocycles. The van der Waals surface area contributed by atoms with Gasteiger partial charge in [0.2, 0.25) is 5.91 Å². The van der Waals surface area contributed by atoms with Gasteiger partial charge in [0, 0.05) is 11.4 Å². The number of amides is 1. The van der Waals surface area contributed by atoms with Crippen LogP contribution >= 0.6 is 0 Å². The number of nitrogens with one attached hydrogen (secondary N) is 1. The third-order valence-corrected chi connectivity index (χ3v) is 2.45. The van der Waals surface area contributed by atoms with Crippen molar-refractivity contribution >= 4 is 17.3 Å². The molecule has 1 heterocycles. The number of hydrogen-bond donors (Lipinski definition) is 3. The Morgan fingerprint density at radius 3 is 3.07 bits per heavy atom. The van der Waals surface area contributed by atoms with Crippen LogP contribution in [0.25, 0.3) is 0 Å². The number of aliphatic hydroxyl groups is 1. The van der Waals surface area contributed by atoms with Gasteiger partial charge < -0.3 is 16.2 Å². The van der Waals surface area contributed by atoms with Gasteiger partial charge in [-0.3, -0.25) is 4.79 Å². The van der Waals surface area contributed by atoms with Crippen LogP contribution in [0.15, 0.2) is 18.2 Å². The normalized spacial score (nSPS) is 20.1. The summed E-state index contributed by atoms with van der Waals surface area (Å²) >= 11 is 0. The van der Waals surface area contributed by atoms with Crippen molar-refractivity contribution in [3.63, 3.8) is 0 Å². The van der Waals surface area contributed by atoms with Crippen molar-refractivity contribution in [2.75, 3.05) is 17.7 Å². The molecular weight excluding hydrogens is 180 g/mol. The Morgan fingerprint density at radius 1 is 1.57 bits per heavy atom. The summed E-state index contributed by atoms with van der Waals surface area (Å²) in [4.78, 5) is 11.4. The van der Waals surface area contributed by atoms with E-state index in [2.05, 4.69) is 5.32 Å². The number of anilines is 2. The van der Waals surface area contributed by atoms with Crippen LogP contribution in [-0.2, 0) is 11.2 Å². The summed E-state index contributed by atoms with van der Waals surface area (Å²) in [5.41, 5.74) is 8.01. The maximum Gasteiger partial charge on any atom is 0.230 e. The lowest BCUT2D eigenvalue weighted by molar-refractivity contribution is -0.121. The lowest BCUT2D eigenvalue weighted by atomic mass is 9.94. The molecule has 4 nitrogen and oxygen atoms in total. The second kappa shape index (κ2) is 3.31. The minimum Gasteiger partial charge on any atom is -0.399 e. The predicted octanol–water partition coefficient (Wildman–Crippen LogP) is 0.372. The molecule has 0 aromatic heterocycles. The molecule has 1 atom stereocenters. The van der Waals surface area contributed by atoms with Crippen molar-refractivity contribution in [3.8, 4) is 0 Å². The number of carbonyl (C=O) groups excluding carboxylic acids is 1. The number of nitrogen functional groups attached to an aromatic ring is 1. The number of carbonyl (C=O) groups is 1. The van der Waals surface area contributed by atoms with E-state index in [1.807, 2.05) is 6.07 Å². The highest BCUT2D eigenvalue weighted by Crippen LogP contribution is 2.27. The first-order valence-electron chi connectivity index (χ1n) is 4.51. The molecule has 1 aliphatic rings. The zero-order valence-electron chi connectivity index (χ0n) is 7.66. The summed E-state index contributed by atoms with van der Waals surface area (Å²) in [6.45, 7) is -0.115. The second-order valence-electron chi connectivity index (χ2n) is 3.49. The van der Waals surface area contributed by atoms with Crippen molar-refractivity contribution in [1.82, 2.24) is 0 Å². The van der Waals surface area contributed by atoms with Gasteiger partial charge in [0.25, 0.3) is 0 Å². The van der Waals surface area contributed by atoms with E-state index >= 15 is 0 Å². The quantitative estimate of drug-likeness (QED) is 0.563. The minimum absolute atomic E-state index is 0.115. The summed E-state index contributed by atoms with van der Waals surface area (Å²) in [5, 5.41) is 11.7. The van der Waals surface area contributed by atoms with Crippen LogP contribution in [0.4, 0.5) is 11.4 Å². The maximum atomic E-state index is 11.4. The number of fused-ring (bicyclic) bond motifs is 1. The van der Waals surface area contributed by atoms with Crippen LogP contribution < -0.4 is 11.1 Å². The van der Waals surface area contributed by atoms with Crippen molar-refractivity contribution < 1.29 is 9.90 Å². The summed E-state index contributed by atoms with van der Waals surface area (Å²) in [7, 11) is 0. The Morgan fingerprint density at radius 2 is 2.36 bits per heavy atom. The molecular formula is C10H12N2O2. The fraction of sp³-hybridized carbons (Fsp3) is 0.300. The molecule has 0 unspecified atom stereocenters. The SMILES string of the molecule is Nc1ccc2c(c1)NC(=O)[C@H](CO)C2. The molecule has 0 saturated heterocycles. The van der Waals surface area contributed by atoms with Crippen molar-refractivity contribution in [2.45, 2.75) is 6.42 Å². The van der Waals surface area contributed by atoms with E-state index in [0.717, 1.165) is 11.3 Å². The minimum atomic E-state index is -0.328. The highest BCUT2D eigenvalue weighted by Gasteiger charge is 2.25. The first-order chi connectivity index (χ1) is 6.70. The van der Waals surface area contributed by atoms with E-state index in [-0.39, 0.29) is 18.4 Å². The second-order valence-corrected chi connectivity index (χ2v) is 3.49. The molecule has 0 spiro atoms. The molecule has 1 amide bonds. The molecule has 4 heteroatoms. The van der Waals surface area contributed by atoms with E-state index in [1.165, 1.54) is 0 Å². The number of hydrogen-bond acceptors (Lipinski definition) is 3. The third kappa shape index (κ3) is 1.44. The van der Waals surface area contributed by atoms with Gasteiger partial charge in [0.05, 0.1) is 12.5 Å². The highest BCUT2D eigenvalue weighted by atomic mass is 16.3. The number of aliphatic hydroxyl groups excluding tert-OH is 1. The highest BCUT2D eigenvalue weighted by molar-refractivity contribution is 5.96. The zero-order valence-corrected chi connectivity index (χ0v) is 7.66. The van der Waals surface area contributed by atoms with Crippen LogP contribution in [0.1, 0.15) is 5.56 Å². The van der Waals surface area contributed by atoms with E-state index in [1.54, 1.807) is 12.1 Å². The molecule has 0 saturated carbocycles. The number of benzene rings is 1. The number of nitrogens with two attached hydrogens (primary N) is 1. The van der Waals surface area contributed by atoms with Gasteiger partial charge in [-0.1, -0.05) is 6.07 Å². The maximum absolute atomic E-state index is 11.4. The predicted molar refractivity (Wildman–Crippen MR) is 53.8 cm³/mol. The monoisotopic (exact) mass is 192 g/mol. The molecule has 0 bridgehead atoms. The van der Waals surface area contributed by atoms with Crippen molar-refractivity contribution in [1.29, 1.82) is 0 Å². The molecule has 0 aliphatic carbocycles. The summed E-state index contributed by atoms with van der Waals surface area (Å²) < 4.78 is 0. The summed E-state index contributed by atoms with van der Waals surface area (Å²) in [6.07, 6.45) is 0.581. The Balaban J connectivity index is 2.35. The van der Waals surface area contributed by atoms with Crippen molar-refractivity contribution in [2.24, 2.45) is 5.92 Å². The first-order valence-corrected chi connectivity index (χ1v) is 4.51. The van der Waals surface area contributed by atoms with Crippen molar-refractivity contribution in [3.05, 3.63) is 23.8 Å². The fourth-order valence-electron chi connectivity index (χ4n) is 1.63. The Kier molecular flexibility index (Phi) is 2.13. The Labute approximate surface area is 81.7 Å². The van der Waals surface area contributed by atoms with Crippen LogP contribution in [0.3, 0.4) is 0 Å². The Bertz CT molecular complexity index is 376. The van der Waals surface area contributed by atoms with Gasteiger partial charge >= 0.3 is 0 Å².